The first-order valence-corrected chi connectivity index (χ1v) is 8.03. The number of hydrogen-bond acceptors (Lipinski definition) is 3. The zero-order chi connectivity index (χ0) is 17.0. The SMILES string of the molecule is Cc1nn(-c2ccccc2)c2c1cc(C#N)c1nc3ccccc3n12. The lowest BCUT2D eigenvalue weighted by atomic mass is 10.2. The highest BCUT2D eigenvalue weighted by atomic mass is 15.3. The summed E-state index contributed by atoms with van der Waals surface area (Å²) in [7, 11) is 0. The van der Waals surface area contributed by atoms with Gasteiger partial charge in [0, 0.05) is 5.39 Å². The van der Waals surface area contributed by atoms with Crippen LogP contribution in [0.25, 0.3) is 33.4 Å². The molecule has 3 aromatic heterocycles. The van der Waals surface area contributed by atoms with Gasteiger partial charge in [-0.3, -0.25) is 4.40 Å². The van der Waals surface area contributed by atoms with Crippen molar-refractivity contribution in [3.8, 4) is 11.8 Å². The van der Waals surface area contributed by atoms with Crippen molar-refractivity contribution in [3.63, 3.8) is 0 Å². The number of aryl methyl sites for hydroxylation is 1. The highest BCUT2D eigenvalue weighted by molar-refractivity contribution is 5.93. The number of nitrogens with zero attached hydrogens (tertiary/aromatic N) is 5. The molecule has 0 saturated heterocycles. The number of rotatable bonds is 1. The minimum atomic E-state index is 0.555. The normalized spacial score (nSPS) is 11.4. The first kappa shape index (κ1) is 13.8. The average Bonchev–Trinajstić information content (AvgIpc) is 3.20. The number of benzene rings is 2. The van der Waals surface area contributed by atoms with Crippen LogP contribution in [0, 0.1) is 18.3 Å². The molecule has 0 fully saturated rings. The Labute approximate surface area is 143 Å². The number of nitriles is 1. The zero-order valence-corrected chi connectivity index (χ0v) is 13.5. The fraction of sp³-hybridized carbons (Fsp3) is 0.0500. The van der Waals surface area contributed by atoms with Crippen LogP contribution >= 0.6 is 0 Å². The second-order valence-electron chi connectivity index (χ2n) is 6.00. The monoisotopic (exact) mass is 323 g/mol. The minimum Gasteiger partial charge on any atom is -0.275 e. The van der Waals surface area contributed by atoms with E-state index in [1.807, 2.05) is 76.7 Å². The Morgan fingerprint density at radius 1 is 1.00 bits per heavy atom. The molecule has 0 spiro atoms. The fourth-order valence-electron chi connectivity index (χ4n) is 3.37. The van der Waals surface area contributed by atoms with Gasteiger partial charge in [-0.1, -0.05) is 30.3 Å². The summed E-state index contributed by atoms with van der Waals surface area (Å²) in [6.07, 6.45) is 0. The Morgan fingerprint density at radius 3 is 2.56 bits per heavy atom. The Hall–Kier alpha value is -3.65. The van der Waals surface area contributed by atoms with Crippen molar-refractivity contribution in [2.24, 2.45) is 0 Å². The molecule has 0 amide bonds. The summed E-state index contributed by atoms with van der Waals surface area (Å²) in [4.78, 5) is 4.68. The van der Waals surface area contributed by atoms with E-state index < -0.39 is 0 Å². The number of hydrogen-bond donors (Lipinski definition) is 0. The third-order valence-electron chi connectivity index (χ3n) is 4.50. The smallest absolute Gasteiger partial charge is 0.157 e. The molecule has 0 aliphatic rings. The van der Waals surface area contributed by atoms with E-state index >= 15 is 0 Å². The van der Waals surface area contributed by atoms with Gasteiger partial charge >= 0.3 is 0 Å². The van der Waals surface area contributed by atoms with E-state index in [-0.39, 0.29) is 0 Å². The molecule has 0 aliphatic carbocycles. The predicted molar refractivity (Wildman–Crippen MR) is 96.8 cm³/mol. The number of fused-ring (bicyclic) bond motifs is 5. The Kier molecular flexibility index (Phi) is 2.71. The van der Waals surface area contributed by atoms with Crippen LogP contribution in [0.1, 0.15) is 11.3 Å². The molecule has 2 aromatic carbocycles. The standard InChI is InChI=1S/C20H13N5/c1-13-16-11-14(12-21)19-22-17-9-5-6-10-18(17)24(19)20(16)25(23-13)15-7-3-2-4-8-15/h2-11H,1H3. The number of imidazole rings is 1. The first-order chi connectivity index (χ1) is 12.3. The van der Waals surface area contributed by atoms with Crippen molar-refractivity contribution in [3.05, 3.63) is 71.9 Å². The molecule has 3 heterocycles. The van der Waals surface area contributed by atoms with Gasteiger partial charge in [0.2, 0.25) is 0 Å². The summed E-state index contributed by atoms with van der Waals surface area (Å²) in [6, 6.07) is 22.1. The van der Waals surface area contributed by atoms with Crippen molar-refractivity contribution < 1.29 is 0 Å². The maximum absolute atomic E-state index is 9.60. The van der Waals surface area contributed by atoms with Gasteiger partial charge in [-0.05, 0) is 37.3 Å². The molecule has 0 atom stereocenters. The van der Waals surface area contributed by atoms with Crippen LogP contribution in [-0.4, -0.2) is 19.2 Å². The van der Waals surface area contributed by atoms with Gasteiger partial charge in [0.1, 0.15) is 11.7 Å². The highest BCUT2D eigenvalue weighted by Gasteiger charge is 2.18. The molecule has 0 bridgehead atoms. The van der Waals surface area contributed by atoms with Crippen LogP contribution in [0.4, 0.5) is 0 Å². The van der Waals surface area contributed by atoms with Gasteiger partial charge < -0.3 is 0 Å². The molecule has 5 aromatic rings. The van der Waals surface area contributed by atoms with E-state index in [1.54, 1.807) is 0 Å². The summed E-state index contributed by atoms with van der Waals surface area (Å²) >= 11 is 0. The third-order valence-corrected chi connectivity index (χ3v) is 4.50. The van der Waals surface area contributed by atoms with E-state index in [0.29, 0.717) is 11.2 Å². The van der Waals surface area contributed by atoms with Crippen molar-refractivity contribution in [1.29, 1.82) is 5.26 Å². The molecule has 25 heavy (non-hydrogen) atoms. The van der Waals surface area contributed by atoms with Crippen molar-refractivity contribution in [2.75, 3.05) is 0 Å². The van der Waals surface area contributed by atoms with Crippen molar-refractivity contribution in [2.45, 2.75) is 6.92 Å². The van der Waals surface area contributed by atoms with Gasteiger partial charge in [0.15, 0.2) is 5.65 Å². The molecule has 0 radical (unpaired) electrons. The number of aromatic nitrogens is 4. The lowest BCUT2D eigenvalue weighted by Crippen LogP contribution is -2.01. The number of para-hydroxylation sites is 3. The van der Waals surface area contributed by atoms with Crippen LogP contribution in [0.5, 0.6) is 0 Å². The lowest BCUT2D eigenvalue weighted by Gasteiger charge is -2.06. The molecule has 0 aliphatic heterocycles. The summed E-state index contributed by atoms with van der Waals surface area (Å²) in [6.45, 7) is 1.97. The Bertz CT molecular complexity index is 1300. The quantitative estimate of drug-likeness (QED) is 0.468. The first-order valence-electron chi connectivity index (χ1n) is 8.03. The van der Waals surface area contributed by atoms with Crippen LogP contribution in [0.3, 0.4) is 0 Å². The topological polar surface area (TPSA) is 58.9 Å². The van der Waals surface area contributed by atoms with Crippen LogP contribution in [0.15, 0.2) is 60.7 Å². The van der Waals surface area contributed by atoms with Gasteiger partial charge in [-0.2, -0.15) is 10.4 Å². The zero-order valence-electron chi connectivity index (χ0n) is 13.5. The lowest BCUT2D eigenvalue weighted by molar-refractivity contribution is 0.873. The largest absolute Gasteiger partial charge is 0.275 e. The fourth-order valence-corrected chi connectivity index (χ4v) is 3.37. The summed E-state index contributed by atoms with van der Waals surface area (Å²) in [5.74, 6) is 0. The van der Waals surface area contributed by atoms with Crippen LogP contribution in [0.2, 0.25) is 0 Å². The van der Waals surface area contributed by atoms with E-state index in [0.717, 1.165) is 33.4 Å². The van der Waals surface area contributed by atoms with E-state index in [9.17, 15) is 5.26 Å². The maximum atomic E-state index is 9.60. The molecule has 0 unspecified atom stereocenters. The van der Waals surface area contributed by atoms with E-state index in [1.165, 1.54) is 0 Å². The molecule has 0 N–H and O–H groups in total. The van der Waals surface area contributed by atoms with Gasteiger partial charge in [0.05, 0.1) is 28.0 Å². The summed E-state index contributed by atoms with van der Waals surface area (Å²) < 4.78 is 3.96. The van der Waals surface area contributed by atoms with Gasteiger partial charge in [0.25, 0.3) is 0 Å². The maximum Gasteiger partial charge on any atom is 0.157 e. The van der Waals surface area contributed by atoms with Crippen molar-refractivity contribution in [1.82, 2.24) is 19.2 Å². The number of pyridine rings is 1. The second kappa shape index (κ2) is 4.92. The molecular formula is C20H13N5. The molecule has 0 saturated carbocycles. The minimum absolute atomic E-state index is 0.555. The van der Waals surface area contributed by atoms with Crippen molar-refractivity contribution >= 4 is 27.7 Å². The highest BCUT2D eigenvalue weighted by Crippen LogP contribution is 2.29. The molecule has 5 rings (SSSR count). The molecule has 5 nitrogen and oxygen atoms in total. The second-order valence-corrected chi connectivity index (χ2v) is 6.00. The third kappa shape index (κ3) is 1.82. The van der Waals surface area contributed by atoms with E-state index in [4.69, 9.17) is 5.10 Å². The molecule has 118 valence electrons. The predicted octanol–water partition coefficient (Wildman–Crippen LogP) is 4.01. The molecular weight excluding hydrogens is 310 g/mol. The van der Waals surface area contributed by atoms with E-state index in [2.05, 4.69) is 11.1 Å². The Balaban J connectivity index is 2.08. The summed E-state index contributed by atoms with van der Waals surface area (Å²) in [5.41, 5.74) is 5.83. The molecule has 5 heteroatoms. The van der Waals surface area contributed by atoms with Crippen LogP contribution < -0.4 is 0 Å². The average molecular weight is 323 g/mol. The van der Waals surface area contributed by atoms with Gasteiger partial charge in [-0.15, -0.1) is 0 Å². The summed E-state index contributed by atoms with van der Waals surface area (Å²) in [5, 5.41) is 15.3. The Morgan fingerprint density at radius 2 is 1.76 bits per heavy atom. The van der Waals surface area contributed by atoms with Gasteiger partial charge in [-0.25, -0.2) is 9.67 Å². The van der Waals surface area contributed by atoms with Crippen LogP contribution in [-0.2, 0) is 0 Å².